The number of rotatable bonds is 4. The quantitative estimate of drug-likeness (QED) is 0.932. The minimum atomic E-state index is -0.289. The van der Waals surface area contributed by atoms with Gasteiger partial charge in [-0.15, -0.1) is 0 Å². The average molecular weight is 332 g/mol. The molecule has 2 aliphatic heterocycles. The van der Waals surface area contributed by atoms with Gasteiger partial charge >= 0.3 is 6.03 Å². The second kappa shape index (κ2) is 6.39. The first-order valence-electron chi connectivity index (χ1n) is 8.50. The topological polar surface area (TPSA) is 61.6 Å². The molecular formula is C17H21FN4O2. The summed E-state index contributed by atoms with van der Waals surface area (Å²) in [5, 5.41) is 7.74. The molecule has 3 heterocycles. The first-order chi connectivity index (χ1) is 11.7. The van der Waals surface area contributed by atoms with E-state index in [0.29, 0.717) is 11.4 Å². The van der Waals surface area contributed by atoms with Crippen molar-refractivity contribution in [2.24, 2.45) is 0 Å². The van der Waals surface area contributed by atoms with Crippen molar-refractivity contribution in [1.82, 2.24) is 20.3 Å². The van der Waals surface area contributed by atoms with Gasteiger partial charge in [0.1, 0.15) is 17.1 Å². The van der Waals surface area contributed by atoms with E-state index in [1.807, 2.05) is 4.90 Å². The number of carbonyl (C=O) groups is 1. The maximum Gasteiger partial charge on any atom is 0.317 e. The summed E-state index contributed by atoms with van der Waals surface area (Å²) in [6.07, 6.45) is 1.99. The van der Waals surface area contributed by atoms with Crippen LogP contribution in [0.3, 0.4) is 0 Å². The van der Waals surface area contributed by atoms with Crippen LogP contribution in [0, 0.1) is 5.82 Å². The first kappa shape index (κ1) is 15.4. The Morgan fingerprint density at radius 2 is 2.08 bits per heavy atom. The van der Waals surface area contributed by atoms with Gasteiger partial charge in [-0.05, 0) is 38.1 Å². The van der Waals surface area contributed by atoms with Gasteiger partial charge in [0.25, 0.3) is 0 Å². The number of fused-ring (bicyclic) bond motifs is 1. The molecular weight excluding hydrogens is 311 g/mol. The fourth-order valence-electron chi connectivity index (χ4n) is 3.64. The van der Waals surface area contributed by atoms with Crippen LogP contribution in [0.5, 0.6) is 0 Å². The number of nitrogens with one attached hydrogen (secondary N) is 1. The van der Waals surface area contributed by atoms with E-state index in [1.165, 1.54) is 12.1 Å². The van der Waals surface area contributed by atoms with Crippen molar-refractivity contribution >= 4 is 16.9 Å². The summed E-state index contributed by atoms with van der Waals surface area (Å²) in [5.41, 5.74) is 0.590. The molecule has 2 saturated heterocycles. The summed E-state index contributed by atoms with van der Waals surface area (Å²) in [4.78, 5) is 15.8. The highest BCUT2D eigenvalue weighted by molar-refractivity contribution is 5.80. The van der Waals surface area contributed by atoms with Crippen LogP contribution < -0.4 is 5.32 Å². The minimum Gasteiger partial charge on any atom is -0.360 e. The van der Waals surface area contributed by atoms with Crippen LogP contribution in [0.15, 0.2) is 22.7 Å². The number of aromatic nitrogens is 1. The summed E-state index contributed by atoms with van der Waals surface area (Å²) >= 11 is 0. The lowest BCUT2D eigenvalue weighted by molar-refractivity contribution is 0.174. The van der Waals surface area contributed by atoms with Crippen LogP contribution in [-0.2, 0) is 0 Å². The van der Waals surface area contributed by atoms with E-state index < -0.39 is 0 Å². The largest absolute Gasteiger partial charge is 0.360 e. The van der Waals surface area contributed by atoms with E-state index in [1.54, 1.807) is 6.07 Å². The van der Waals surface area contributed by atoms with Gasteiger partial charge in [-0.3, -0.25) is 0 Å². The molecule has 0 spiro atoms. The number of hydrogen-bond donors (Lipinski definition) is 1. The maximum absolute atomic E-state index is 13.3. The Balaban J connectivity index is 1.34. The Kier molecular flexibility index (Phi) is 4.10. The second-order valence-electron chi connectivity index (χ2n) is 6.54. The summed E-state index contributed by atoms with van der Waals surface area (Å²) in [6.45, 7) is 5.19. The molecule has 2 aromatic rings. The molecule has 0 atom stereocenters. The molecule has 2 amide bonds. The molecule has 0 unspecified atom stereocenters. The Labute approximate surface area is 139 Å². The van der Waals surface area contributed by atoms with Crippen LogP contribution in [-0.4, -0.2) is 60.3 Å². The monoisotopic (exact) mass is 332 g/mol. The zero-order valence-corrected chi connectivity index (χ0v) is 13.5. The zero-order chi connectivity index (χ0) is 16.5. The molecule has 0 radical (unpaired) electrons. The van der Waals surface area contributed by atoms with Crippen molar-refractivity contribution in [2.75, 3.05) is 39.3 Å². The number of carbonyl (C=O) groups excluding carboxylic acids is 1. The van der Waals surface area contributed by atoms with Gasteiger partial charge in [-0.2, -0.15) is 0 Å². The molecule has 0 aliphatic carbocycles. The van der Waals surface area contributed by atoms with Gasteiger partial charge in [-0.25, -0.2) is 9.18 Å². The van der Waals surface area contributed by atoms with Crippen molar-refractivity contribution in [3.05, 3.63) is 29.8 Å². The number of halogens is 1. The Morgan fingerprint density at radius 1 is 1.25 bits per heavy atom. The standard InChI is InChI=1S/C17H21FN4O2/c18-13-1-2-14-15(11-13)20-24-16(14)12-3-6-21(7-4-12)9-10-22-8-5-19-17(22)23/h1-2,11-12H,3-10H2,(H,19,23). The molecule has 1 N–H and O–H groups in total. The Bertz CT molecular complexity index is 739. The number of nitrogens with zero attached hydrogens (tertiary/aromatic N) is 3. The number of likely N-dealkylation sites (tertiary alicyclic amines) is 1. The molecule has 24 heavy (non-hydrogen) atoms. The molecule has 6 nitrogen and oxygen atoms in total. The van der Waals surface area contributed by atoms with E-state index in [2.05, 4.69) is 15.4 Å². The fraction of sp³-hybridized carbons (Fsp3) is 0.529. The molecule has 4 rings (SSSR count). The van der Waals surface area contributed by atoms with Crippen LogP contribution in [0.2, 0.25) is 0 Å². The van der Waals surface area contributed by atoms with Gasteiger partial charge in [0.15, 0.2) is 0 Å². The van der Waals surface area contributed by atoms with Crippen LogP contribution in [0.1, 0.15) is 24.5 Å². The van der Waals surface area contributed by atoms with E-state index in [9.17, 15) is 9.18 Å². The summed E-state index contributed by atoms with van der Waals surface area (Å²) in [7, 11) is 0. The van der Waals surface area contributed by atoms with E-state index in [-0.39, 0.29) is 11.8 Å². The average Bonchev–Trinajstić information content (AvgIpc) is 3.19. The SMILES string of the molecule is O=C1NCCN1CCN1CCC(c2onc3cc(F)ccc23)CC1. The third-order valence-electron chi connectivity index (χ3n) is 5.06. The molecule has 2 fully saturated rings. The number of urea groups is 1. The first-order valence-corrected chi connectivity index (χ1v) is 8.50. The smallest absolute Gasteiger partial charge is 0.317 e. The van der Waals surface area contributed by atoms with Crippen LogP contribution in [0.25, 0.3) is 10.9 Å². The Hall–Kier alpha value is -2.15. The predicted octanol–water partition coefficient (Wildman–Crippen LogP) is 2.17. The molecule has 7 heteroatoms. The van der Waals surface area contributed by atoms with Gasteiger partial charge < -0.3 is 19.6 Å². The number of benzene rings is 1. The summed E-state index contributed by atoms with van der Waals surface area (Å²) < 4.78 is 18.8. The highest BCUT2D eigenvalue weighted by Gasteiger charge is 2.26. The van der Waals surface area contributed by atoms with Gasteiger partial charge in [-0.1, -0.05) is 5.16 Å². The second-order valence-corrected chi connectivity index (χ2v) is 6.54. The highest BCUT2D eigenvalue weighted by atomic mass is 19.1. The third kappa shape index (κ3) is 2.96. The van der Waals surface area contributed by atoms with Gasteiger partial charge in [0.2, 0.25) is 0 Å². The number of amides is 2. The van der Waals surface area contributed by atoms with E-state index in [4.69, 9.17) is 4.52 Å². The lowest BCUT2D eigenvalue weighted by atomic mass is 9.92. The van der Waals surface area contributed by atoms with Crippen molar-refractivity contribution in [3.8, 4) is 0 Å². The number of hydrogen-bond acceptors (Lipinski definition) is 4. The molecule has 1 aromatic heterocycles. The predicted molar refractivity (Wildman–Crippen MR) is 87.4 cm³/mol. The number of piperidine rings is 1. The molecule has 2 aliphatic rings. The van der Waals surface area contributed by atoms with Crippen molar-refractivity contribution < 1.29 is 13.7 Å². The van der Waals surface area contributed by atoms with Crippen LogP contribution in [0.4, 0.5) is 9.18 Å². The normalized spacial score (nSPS) is 20.0. The van der Waals surface area contributed by atoms with Gasteiger partial charge in [0, 0.05) is 43.5 Å². The van der Waals surface area contributed by atoms with E-state index in [0.717, 1.165) is 63.3 Å². The van der Waals surface area contributed by atoms with Gasteiger partial charge in [0.05, 0.1) is 0 Å². The minimum absolute atomic E-state index is 0.0465. The maximum atomic E-state index is 13.3. The molecule has 1 aromatic carbocycles. The summed E-state index contributed by atoms with van der Waals surface area (Å²) in [5.74, 6) is 0.915. The lowest BCUT2D eigenvalue weighted by Crippen LogP contribution is -2.40. The lowest BCUT2D eigenvalue weighted by Gasteiger charge is -2.31. The third-order valence-corrected chi connectivity index (χ3v) is 5.06. The fourth-order valence-corrected chi connectivity index (χ4v) is 3.64. The summed E-state index contributed by atoms with van der Waals surface area (Å²) in [6, 6.07) is 4.68. The molecule has 0 bridgehead atoms. The van der Waals surface area contributed by atoms with Crippen molar-refractivity contribution in [3.63, 3.8) is 0 Å². The van der Waals surface area contributed by atoms with Crippen molar-refractivity contribution in [1.29, 1.82) is 0 Å². The zero-order valence-electron chi connectivity index (χ0n) is 13.5. The van der Waals surface area contributed by atoms with E-state index >= 15 is 0 Å². The molecule has 0 saturated carbocycles. The van der Waals surface area contributed by atoms with Crippen LogP contribution >= 0.6 is 0 Å². The highest BCUT2D eigenvalue weighted by Crippen LogP contribution is 2.33. The van der Waals surface area contributed by atoms with Crippen molar-refractivity contribution in [2.45, 2.75) is 18.8 Å². The Morgan fingerprint density at radius 3 is 2.83 bits per heavy atom. The molecule has 128 valence electrons.